The lowest BCUT2D eigenvalue weighted by atomic mass is 9.94. The number of anilines is 1. The molecule has 1 saturated heterocycles. The first-order valence-corrected chi connectivity index (χ1v) is 6.82. The van der Waals surface area contributed by atoms with E-state index < -0.39 is 15.6 Å². The van der Waals surface area contributed by atoms with E-state index in [-0.39, 0.29) is 10.7 Å². The summed E-state index contributed by atoms with van der Waals surface area (Å²) in [6, 6.07) is 0. The zero-order valence-electron chi connectivity index (χ0n) is 9.56. The quantitative estimate of drug-likeness (QED) is 0.699. The maximum absolute atomic E-state index is 12.1. The number of nitrogens with two attached hydrogens (primary N) is 1. The summed E-state index contributed by atoms with van der Waals surface area (Å²) in [6.45, 7) is 2.98. The molecule has 4 N–H and O–H groups in total. The van der Waals surface area contributed by atoms with Crippen LogP contribution in [0.15, 0.2) is 11.1 Å². The van der Waals surface area contributed by atoms with Crippen molar-refractivity contribution in [3.05, 3.63) is 6.20 Å². The van der Waals surface area contributed by atoms with Crippen LogP contribution in [-0.2, 0) is 14.8 Å². The number of hydrogen-bond donors (Lipinski definition) is 3. The fourth-order valence-electron chi connectivity index (χ4n) is 1.80. The van der Waals surface area contributed by atoms with E-state index in [1.54, 1.807) is 0 Å². The summed E-state index contributed by atoms with van der Waals surface area (Å²) in [6.07, 6.45) is 2.49. The Morgan fingerprint density at radius 1 is 1.53 bits per heavy atom. The SMILES string of the molecule is CC1(NS(=O)(=O)c2cn[nH]c2N)CCOCC1. The second-order valence-electron chi connectivity index (χ2n) is 4.43. The Balaban J connectivity index is 2.20. The third-order valence-corrected chi connectivity index (χ3v) is 4.56. The van der Waals surface area contributed by atoms with Gasteiger partial charge in [-0.3, -0.25) is 5.10 Å². The van der Waals surface area contributed by atoms with Gasteiger partial charge in [0.15, 0.2) is 0 Å². The number of aromatic amines is 1. The normalized spacial score (nSPS) is 20.3. The van der Waals surface area contributed by atoms with Gasteiger partial charge in [0.05, 0.1) is 6.20 Å². The largest absolute Gasteiger partial charge is 0.383 e. The summed E-state index contributed by atoms with van der Waals surface area (Å²) in [7, 11) is -3.63. The van der Waals surface area contributed by atoms with Crippen LogP contribution in [0, 0.1) is 0 Å². The van der Waals surface area contributed by atoms with Crippen molar-refractivity contribution >= 4 is 15.8 Å². The van der Waals surface area contributed by atoms with Crippen molar-refractivity contribution < 1.29 is 13.2 Å². The van der Waals surface area contributed by atoms with Crippen LogP contribution >= 0.6 is 0 Å². The number of rotatable bonds is 3. The van der Waals surface area contributed by atoms with Crippen molar-refractivity contribution in [3.63, 3.8) is 0 Å². The first kappa shape index (κ1) is 12.3. The van der Waals surface area contributed by atoms with Gasteiger partial charge in [-0.25, -0.2) is 13.1 Å². The minimum Gasteiger partial charge on any atom is -0.383 e. The molecule has 2 rings (SSSR count). The molecule has 1 fully saturated rings. The number of aromatic nitrogens is 2. The molecular formula is C9H16N4O3S. The Morgan fingerprint density at radius 3 is 2.71 bits per heavy atom. The molecule has 17 heavy (non-hydrogen) atoms. The summed E-state index contributed by atoms with van der Waals surface area (Å²) in [4.78, 5) is -0.00906. The van der Waals surface area contributed by atoms with E-state index in [0.717, 1.165) is 0 Å². The Bertz CT molecular complexity index is 490. The van der Waals surface area contributed by atoms with Crippen molar-refractivity contribution in [2.75, 3.05) is 18.9 Å². The molecule has 0 atom stereocenters. The molecule has 1 aliphatic heterocycles. The second kappa shape index (κ2) is 4.28. The molecule has 0 bridgehead atoms. The van der Waals surface area contributed by atoms with Gasteiger partial charge in [-0.15, -0.1) is 0 Å². The van der Waals surface area contributed by atoms with Crippen LogP contribution in [0.3, 0.4) is 0 Å². The molecule has 0 aromatic carbocycles. The maximum Gasteiger partial charge on any atom is 0.246 e. The monoisotopic (exact) mass is 260 g/mol. The van der Waals surface area contributed by atoms with Crippen LogP contribution in [0.1, 0.15) is 19.8 Å². The summed E-state index contributed by atoms with van der Waals surface area (Å²) < 4.78 is 32.1. The Morgan fingerprint density at radius 2 is 2.18 bits per heavy atom. The number of sulfonamides is 1. The van der Waals surface area contributed by atoms with Gasteiger partial charge in [0.2, 0.25) is 10.0 Å². The molecule has 0 saturated carbocycles. The number of H-pyrrole nitrogens is 1. The number of ether oxygens (including phenoxy) is 1. The molecule has 0 spiro atoms. The highest BCUT2D eigenvalue weighted by Crippen LogP contribution is 2.24. The average Bonchev–Trinajstić information content (AvgIpc) is 2.64. The van der Waals surface area contributed by atoms with E-state index in [9.17, 15) is 8.42 Å². The van der Waals surface area contributed by atoms with E-state index in [1.165, 1.54) is 6.20 Å². The number of hydrogen-bond acceptors (Lipinski definition) is 5. The van der Waals surface area contributed by atoms with Crippen molar-refractivity contribution in [1.82, 2.24) is 14.9 Å². The summed E-state index contributed by atoms with van der Waals surface area (Å²) >= 11 is 0. The standard InChI is InChI=1S/C9H16N4O3S/c1-9(2-4-16-5-3-9)13-17(14,15)7-6-11-12-8(7)10/h6,13H,2-5H2,1H3,(H3,10,11,12). The molecule has 7 nitrogen and oxygen atoms in total. The van der Waals surface area contributed by atoms with E-state index in [0.29, 0.717) is 26.1 Å². The zero-order valence-corrected chi connectivity index (χ0v) is 10.4. The summed E-state index contributed by atoms with van der Waals surface area (Å²) in [5.41, 5.74) is 5.03. The lowest BCUT2D eigenvalue weighted by molar-refractivity contribution is 0.0537. The minimum atomic E-state index is -3.63. The van der Waals surface area contributed by atoms with Gasteiger partial charge in [0.25, 0.3) is 0 Å². The first-order valence-electron chi connectivity index (χ1n) is 5.34. The lowest BCUT2D eigenvalue weighted by Gasteiger charge is -2.33. The Hall–Kier alpha value is -1.12. The zero-order chi connectivity index (χ0) is 12.5. The summed E-state index contributed by atoms with van der Waals surface area (Å²) in [5, 5.41) is 6.02. The van der Waals surface area contributed by atoms with E-state index in [4.69, 9.17) is 10.5 Å². The molecule has 1 aromatic rings. The lowest BCUT2D eigenvalue weighted by Crippen LogP contribution is -2.49. The fraction of sp³-hybridized carbons (Fsp3) is 0.667. The van der Waals surface area contributed by atoms with E-state index >= 15 is 0 Å². The highest BCUT2D eigenvalue weighted by atomic mass is 32.2. The Labute approximate surface area is 99.8 Å². The molecule has 1 aromatic heterocycles. The fourth-order valence-corrected chi connectivity index (χ4v) is 3.29. The van der Waals surface area contributed by atoms with Gasteiger partial charge in [-0.2, -0.15) is 5.10 Å². The third-order valence-electron chi connectivity index (χ3n) is 2.90. The minimum absolute atomic E-state index is 0.00906. The predicted octanol–water partition coefficient (Wildman–Crippen LogP) is -0.161. The number of nitrogens with zero attached hydrogens (tertiary/aromatic N) is 1. The highest BCUT2D eigenvalue weighted by molar-refractivity contribution is 7.89. The topological polar surface area (TPSA) is 110 Å². The Kier molecular flexibility index (Phi) is 3.11. The van der Waals surface area contributed by atoms with Gasteiger partial charge in [0.1, 0.15) is 10.7 Å². The van der Waals surface area contributed by atoms with Crippen LogP contribution in [-0.4, -0.2) is 37.4 Å². The first-order chi connectivity index (χ1) is 7.93. The highest BCUT2D eigenvalue weighted by Gasteiger charge is 2.33. The van der Waals surface area contributed by atoms with Gasteiger partial charge in [-0.1, -0.05) is 0 Å². The smallest absolute Gasteiger partial charge is 0.246 e. The van der Waals surface area contributed by atoms with Crippen LogP contribution in [0.2, 0.25) is 0 Å². The van der Waals surface area contributed by atoms with Crippen LogP contribution < -0.4 is 10.5 Å². The summed E-state index contributed by atoms with van der Waals surface area (Å²) in [5.74, 6) is 0.0492. The van der Waals surface area contributed by atoms with Crippen LogP contribution in [0.4, 0.5) is 5.82 Å². The number of nitrogens with one attached hydrogen (secondary N) is 2. The van der Waals surface area contributed by atoms with Gasteiger partial charge in [-0.05, 0) is 19.8 Å². The molecule has 0 amide bonds. The van der Waals surface area contributed by atoms with Crippen molar-refractivity contribution in [2.45, 2.75) is 30.2 Å². The van der Waals surface area contributed by atoms with Gasteiger partial charge in [0, 0.05) is 18.8 Å². The molecule has 0 unspecified atom stereocenters. The average molecular weight is 260 g/mol. The predicted molar refractivity (Wildman–Crippen MR) is 61.8 cm³/mol. The van der Waals surface area contributed by atoms with Crippen LogP contribution in [0.5, 0.6) is 0 Å². The van der Waals surface area contributed by atoms with Crippen molar-refractivity contribution in [1.29, 1.82) is 0 Å². The third kappa shape index (κ3) is 2.59. The molecule has 96 valence electrons. The van der Waals surface area contributed by atoms with Gasteiger partial charge >= 0.3 is 0 Å². The van der Waals surface area contributed by atoms with Gasteiger partial charge < -0.3 is 10.5 Å². The van der Waals surface area contributed by atoms with Crippen molar-refractivity contribution in [2.24, 2.45) is 0 Å². The maximum atomic E-state index is 12.1. The molecular weight excluding hydrogens is 244 g/mol. The second-order valence-corrected chi connectivity index (χ2v) is 6.08. The molecule has 8 heteroatoms. The van der Waals surface area contributed by atoms with E-state index in [2.05, 4.69) is 14.9 Å². The van der Waals surface area contributed by atoms with E-state index in [1.807, 2.05) is 6.92 Å². The number of nitrogen functional groups attached to an aromatic ring is 1. The molecule has 0 radical (unpaired) electrons. The molecule has 0 aliphatic carbocycles. The molecule has 1 aliphatic rings. The molecule has 2 heterocycles. The van der Waals surface area contributed by atoms with Crippen molar-refractivity contribution in [3.8, 4) is 0 Å². The van der Waals surface area contributed by atoms with Crippen LogP contribution in [0.25, 0.3) is 0 Å².